The largest absolute Gasteiger partial charge is 0.505 e. The molecule has 4 nitrogen and oxygen atoms in total. The summed E-state index contributed by atoms with van der Waals surface area (Å²) < 4.78 is 0. The molecule has 2 aromatic rings. The average molecular weight is 284 g/mol. The molecule has 3 N–H and O–H groups in total. The fourth-order valence-corrected chi connectivity index (χ4v) is 2.29. The summed E-state index contributed by atoms with van der Waals surface area (Å²) in [5, 5.41) is 9.90. The van der Waals surface area contributed by atoms with Gasteiger partial charge in [0.05, 0.1) is 11.3 Å². The van der Waals surface area contributed by atoms with Crippen LogP contribution in [0.15, 0.2) is 36.4 Å². The number of para-hydroxylation sites is 1. The number of carbonyl (C=O) groups excluding carboxylic acids is 1. The minimum absolute atomic E-state index is 0.157. The summed E-state index contributed by atoms with van der Waals surface area (Å²) in [4.78, 5) is 14.0. The molecule has 21 heavy (non-hydrogen) atoms. The molecular formula is C17H20N2O2. The minimum atomic E-state index is -0.250. The third-order valence-corrected chi connectivity index (χ3v) is 3.55. The normalized spacial score (nSPS) is 10.4. The lowest BCUT2D eigenvalue weighted by atomic mass is 10.0. The van der Waals surface area contributed by atoms with E-state index in [4.69, 9.17) is 5.73 Å². The van der Waals surface area contributed by atoms with Gasteiger partial charge in [0.15, 0.2) is 5.75 Å². The van der Waals surface area contributed by atoms with E-state index in [-0.39, 0.29) is 22.9 Å². The second kappa shape index (κ2) is 5.87. The first-order valence-electron chi connectivity index (χ1n) is 6.79. The number of nitrogens with zero attached hydrogens (tertiary/aromatic N) is 1. The molecule has 2 rings (SSSR count). The number of amides is 1. The highest BCUT2D eigenvalue weighted by molar-refractivity contribution is 5.98. The Bertz CT molecular complexity index is 680. The lowest BCUT2D eigenvalue weighted by Gasteiger charge is -2.19. The number of aryl methyl sites for hydroxylation is 2. The molecule has 2 aromatic carbocycles. The van der Waals surface area contributed by atoms with Crippen LogP contribution in [-0.2, 0) is 6.54 Å². The number of nitrogen functional groups attached to an aromatic ring is 1. The molecular weight excluding hydrogens is 264 g/mol. The number of anilines is 1. The van der Waals surface area contributed by atoms with Crippen molar-refractivity contribution in [3.05, 3.63) is 58.7 Å². The van der Waals surface area contributed by atoms with E-state index in [1.165, 1.54) is 5.56 Å². The number of hydrogen-bond donors (Lipinski definition) is 2. The van der Waals surface area contributed by atoms with Crippen molar-refractivity contribution >= 4 is 11.6 Å². The quantitative estimate of drug-likeness (QED) is 0.672. The lowest BCUT2D eigenvalue weighted by molar-refractivity contribution is 0.0782. The van der Waals surface area contributed by atoms with E-state index >= 15 is 0 Å². The summed E-state index contributed by atoms with van der Waals surface area (Å²) in [6, 6.07) is 10.9. The van der Waals surface area contributed by atoms with E-state index in [2.05, 4.69) is 6.07 Å². The maximum Gasteiger partial charge on any atom is 0.257 e. The second-order valence-corrected chi connectivity index (χ2v) is 5.33. The van der Waals surface area contributed by atoms with Gasteiger partial charge in [0.2, 0.25) is 0 Å². The fraction of sp³-hybridized carbons (Fsp3) is 0.235. The number of phenolic OH excluding ortho intramolecular Hbond substituents is 1. The summed E-state index contributed by atoms with van der Waals surface area (Å²) in [5.41, 5.74) is 9.49. The predicted molar refractivity (Wildman–Crippen MR) is 84.2 cm³/mol. The van der Waals surface area contributed by atoms with E-state index < -0.39 is 0 Å². The van der Waals surface area contributed by atoms with Crippen molar-refractivity contribution in [2.45, 2.75) is 20.4 Å². The SMILES string of the molecule is Cc1ccc(CN(C)C(=O)c2cccc(N)c2O)c(C)c1. The van der Waals surface area contributed by atoms with Crippen LogP contribution >= 0.6 is 0 Å². The van der Waals surface area contributed by atoms with Crippen LogP contribution in [-0.4, -0.2) is 23.0 Å². The van der Waals surface area contributed by atoms with Crippen LogP contribution in [0.25, 0.3) is 0 Å². The van der Waals surface area contributed by atoms with Gasteiger partial charge in [-0.3, -0.25) is 4.79 Å². The third kappa shape index (κ3) is 3.16. The first-order chi connectivity index (χ1) is 9.90. The van der Waals surface area contributed by atoms with Gasteiger partial charge in [-0.1, -0.05) is 29.8 Å². The molecule has 0 unspecified atom stereocenters. The molecule has 0 aliphatic rings. The molecule has 4 heteroatoms. The predicted octanol–water partition coefficient (Wildman–Crippen LogP) is 2.86. The first kappa shape index (κ1) is 14.9. The fourth-order valence-electron chi connectivity index (χ4n) is 2.29. The van der Waals surface area contributed by atoms with Crippen molar-refractivity contribution in [1.29, 1.82) is 0 Å². The standard InChI is InChI=1S/C17H20N2O2/c1-11-7-8-13(12(2)9-11)10-19(3)17(21)14-5-4-6-15(18)16(14)20/h4-9,20H,10,18H2,1-3H3. The van der Waals surface area contributed by atoms with Gasteiger partial charge in [0.25, 0.3) is 5.91 Å². The van der Waals surface area contributed by atoms with Gasteiger partial charge in [-0.15, -0.1) is 0 Å². The van der Waals surface area contributed by atoms with Crippen molar-refractivity contribution in [1.82, 2.24) is 4.90 Å². The van der Waals surface area contributed by atoms with Gasteiger partial charge in [-0.2, -0.15) is 0 Å². The van der Waals surface area contributed by atoms with E-state index in [9.17, 15) is 9.90 Å². The number of nitrogens with two attached hydrogens (primary N) is 1. The van der Waals surface area contributed by atoms with Gasteiger partial charge < -0.3 is 15.7 Å². The first-order valence-corrected chi connectivity index (χ1v) is 6.79. The molecule has 0 radical (unpaired) electrons. The molecule has 1 amide bonds. The number of aromatic hydroxyl groups is 1. The monoisotopic (exact) mass is 284 g/mol. The highest BCUT2D eigenvalue weighted by Gasteiger charge is 2.17. The van der Waals surface area contributed by atoms with Crippen LogP contribution in [0.4, 0.5) is 5.69 Å². The van der Waals surface area contributed by atoms with Crippen LogP contribution in [0.2, 0.25) is 0 Å². The van der Waals surface area contributed by atoms with Gasteiger partial charge in [0, 0.05) is 13.6 Å². The number of benzene rings is 2. The number of phenols is 1. The maximum absolute atomic E-state index is 12.4. The Labute approximate surface area is 124 Å². The molecule has 0 bridgehead atoms. The zero-order chi connectivity index (χ0) is 15.6. The van der Waals surface area contributed by atoms with Crippen LogP contribution in [0.1, 0.15) is 27.0 Å². The van der Waals surface area contributed by atoms with Gasteiger partial charge >= 0.3 is 0 Å². The molecule has 0 aliphatic heterocycles. The van der Waals surface area contributed by atoms with E-state index in [1.54, 1.807) is 30.1 Å². The molecule has 0 aromatic heterocycles. The van der Waals surface area contributed by atoms with Crippen molar-refractivity contribution in [3.8, 4) is 5.75 Å². The Balaban J connectivity index is 2.21. The average Bonchev–Trinajstić information content (AvgIpc) is 2.44. The molecule has 0 aliphatic carbocycles. The Morgan fingerprint density at radius 3 is 2.62 bits per heavy atom. The minimum Gasteiger partial charge on any atom is -0.505 e. The summed E-state index contributed by atoms with van der Waals surface area (Å²) in [6.07, 6.45) is 0. The smallest absolute Gasteiger partial charge is 0.257 e. The van der Waals surface area contributed by atoms with Crippen molar-refractivity contribution in [2.75, 3.05) is 12.8 Å². The summed E-state index contributed by atoms with van der Waals surface area (Å²) in [7, 11) is 1.71. The number of rotatable bonds is 3. The Morgan fingerprint density at radius 1 is 1.24 bits per heavy atom. The molecule has 0 atom stereocenters. The lowest BCUT2D eigenvalue weighted by Crippen LogP contribution is -2.26. The van der Waals surface area contributed by atoms with Crippen LogP contribution in [0.5, 0.6) is 5.75 Å². The Morgan fingerprint density at radius 2 is 1.95 bits per heavy atom. The molecule has 0 saturated carbocycles. The van der Waals surface area contributed by atoms with Gasteiger partial charge in [0.1, 0.15) is 0 Å². The summed E-state index contributed by atoms with van der Waals surface area (Å²) in [6.45, 7) is 4.55. The van der Waals surface area contributed by atoms with E-state index in [0.717, 1.165) is 11.1 Å². The van der Waals surface area contributed by atoms with E-state index in [0.29, 0.717) is 6.54 Å². The summed E-state index contributed by atoms with van der Waals surface area (Å²) >= 11 is 0. The van der Waals surface area contributed by atoms with E-state index in [1.807, 2.05) is 26.0 Å². The van der Waals surface area contributed by atoms with Crippen LogP contribution in [0, 0.1) is 13.8 Å². The third-order valence-electron chi connectivity index (χ3n) is 3.55. The van der Waals surface area contributed by atoms with Gasteiger partial charge in [-0.05, 0) is 37.1 Å². The number of carbonyl (C=O) groups is 1. The van der Waals surface area contributed by atoms with Gasteiger partial charge in [-0.25, -0.2) is 0 Å². The maximum atomic E-state index is 12.4. The van der Waals surface area contributed by atoms with Crippen LogP contribution < -0.4 is 5.73 Å². The molecule has 0 heterocycles. The molecule has 0 spiro atoms. The second-order valence-electron chi connectivity index (χ2n) is 5.33. The van der Waals surface area contributed by atoms with Crippen molar-refractivity contribution in [3.63, 3.8) is 0 Å². The zero-order valence-electron chi connectivity index (χ0n) is 12.6. The highest BCUT2D eigenvalue weighted by Crippen LogP contribution is 2.26. The molecule has 0 fully saturated rings. The highest BCUT2D eigenvalue weighted by atomic mass is 16.3. The zero-order valence-corrected chi connectivity index (χ0v) is 12.6. The number of hydrogen-bond acceptors (Lipinski definition) is 3. The van der Waals surface area contributed by atoms with Crippen molar-refractivity contribution in [2.24, 2.45) is 0 Å². The summed E-state index contributed by atoms with van der Waals surface area (Å²) in [5.74, 6) is -0.408. The van der Waals surface area contributed by atoms with Crippen molar-refractivity contribution < 1.29 is 9.90 Å². The molecule has 110 valence electrons. The Kier molecular flexibility index (Phi) is 4.17. The topological polar surface area (TPSA) is 66.6 Å². The van der Waals surface area contributed by atoms with Crippen LogP contribution in [0.3, 0.4) is 0 Å². The Hall–Kier alpha value is -2.49. The molecule has 0 saturated heterocycles.